The lowest BCUT2D eigenvalue weighted by Crippen LogP contribution is -2.23. The van der Waals surface area contributed by atoms with Crippen LogP contribution in [0, 0.1) is 0 Å². The molecule has 0 fully saturated rings. The van der Waals surface area contributed by atoms with Gasteiger partial charge in [0.25, 0.3) is 5.56 Å². The van der Waals surface area contributed by atoms with E-state index in [0.717, 1.165) is 5.56 Å². The van der Waals surface area contributed by atoms with Crippen LogP contribution in [0.2, 0.25) is 0 Å². The first-order valence-electron chi connectivity index (χ1n) is 9.08. The number of furan rings is 1. The van der Waals surface area contributed by atoms with Crippen LogP contribution in [0.1, 0.15) is 5.76 Å². The lowest BCUT2D eigenvalue weighted by molar-refractivity contribution is 0.571. The quantitative estimate of drug-likeness (QED) is 0.448. The molecule has 3 heterocycles. The normalized spacial score (nSPS) is 12.6. The first-order valence-corrected chi connectivity index (χ1v) is 11.4. The third kappa shape index (κ3) is 3.67. The zero-order chi connectivity index (χ0) is 21.6. The van der Waals surface area contributed by atoms with E-state index in [0.29, 0.717) is 32.4 Å². The zero-order valence-electron chi connectivity index (χ0n) is 15.8. The first-order chi connectivity index (χ1) is 14.9. The fraction of sp³-hybridized carbons (Fsp3) is 0. The number of benzene rings is 2. The molecule has 10 heteroatoms. The molecule has 0 radical (unpaired) electrons. The molecule has 0 aliphatic rings. The summed E-state index contributed by atoms with van der Waals surface area (Å²) in [5.41, 5.74) is 1.25. The molecule has 154 valence electrons. The van der Waals surface area contributed by atoms with Crippen LogP contribution in [0.15, 0.2) is 80.8 Å². The minimum absolute atomic E-state index is 0.0230. The Balaban J connectivity index is 1.47. The Kier molecular flexibility index (Phi) is 4.54. The van der Waals surface area contributed by atoms with Gasteiger partial charge in [-0.25, -0.2) is 13.6 Å². The van der Waals surface area contributed by atoms with E-state index in [4.69, 9.17) is 9.56 Å². The van der Waals surface area contributed by atoms with Crippen LogP contribution in [-0.4, -0.2) is 23.0 Å². The second kappa shape index (κ2) is 7.27. The average Bonchev–Trinajstić information content (AvgIpc) is 3.46. The van der Waals surface area contributed by atoms with Gasteiger partial charge in [-0.15, -0.1) is 5.10 Å². The second-order valence-corrected chi connectivity index (χ2v) is 9.25. The van der Waals surface area contributed by atoms with Crippen LogP contribution in [-0.2, 0) is 10.0 Å². The SMILES string of the molecule is NS(=O)(=O)c1ccc(-c2ccc(C=c3sc4nc(-c5ccccc5)nn4c3=O)o2)cc1. The summed E-state index contributed by atoms with van der Waals surface area (Å²) in [6.07, 6.45) is 1.63. The standard InChI is InChI=1S/C21H14N4O4S2/c22-31(27,28)16-9-6-13(7-10-16)17-11-8-15(29-17)12-18-20(26)25-21(30-18)23-19(24-25)14-4-2-1-3-5-14/h1-12H,(H2,22,27,28). The molecule has 0 saturated heterocycles. The van der Waals surface area contributed by atoms with Gasteiger partial charge in [0.05, 0.1) is 4.90 Å². The third-order valence-corrected chi connectivity index (χ3v) is 6.47. The maximum absolute atomic E-state index is 12.7. The number of fused-ring (bicyclic) bond motifs is 1. The molecule has 0 spiro atoms. The summed E-state index contributed by atoms with van der Waals surface area (Å²) in [5.74, 6) is 1.51. The smallest absolute Gasteiger partial charge is 0.291 e. The van der Waals surface area contributed by atoms with Crippen molar-refractivity contribution < 1.29 is 12.8 Å². The molecule has 0 unspecified atom stereocenters. The molecule has 0 aliphatic carbocycles. The summed E-state index contributed by atoms with van der Waals surface area (Å²) in [6.45, 7) is 0. The van der Waals surface area contributed by atoms with Gasteiger partial charge in [0.2, 0.25) is 15.0 Å². The third-order valence-electron chi connectivity index (χ3n) is 4.58. The van der Waals surface area contributed by atoms with Crippen molar-refractivity contribution in [3.05, 3.63) is 87.4 Å². The van der Waals surface area contributed by atoms with E-state index < -0.39 is 10.0 Å². The molecule has 0 aliphatic heterocycles. The molecular formula is C21H14N4O4S2. The Morgan fingerprint density at radius 3 is 2.39 bits per heavy atom. The summed E-state index contributed by atoms with van der Waals surface area (Å²) in [6, 6.07) is 19.0. The highest BCUT2D eigenvalue weighted by Gasteiger charge is 2.13. The molecule has 2 N–H and O–H groups in total. The molecule has 0 atom stereocenters. The lowest BCUT2D eigenvalue weighted by atomic mass is 10.2. The van der Waals surface area contributed by atoms with E-state index in [2.05, 4.69) is 10.1 Å². The maximum Gasteiger partial charge on any atom is 0.291 e. The van der Waals surface area contributed by atoms with Crippen LogP contribution in [0.3, 0.4) is 0 Å². The van der Waals surface area contributed by atoms with E-state index in [-0.39, 0.29) is 10.5 Å². The number of thiazole rings is 1. The summed E-state index contributed by atoms with van der Waals surface area (Å²) in [4.78, 5) is 17.7. The largest absolute Gasteiger partial charge is 0.457 e. The highest BCUT2D eigenvalue weighted by molar-refractivity contribution is 7.89. The molecule has 8 nitrogen and oxygen atoms in total. The molecular weight excluding hydrogens is 436 g/mol. The molecule has 5 rings (SSSR count). The van der Waals surface area contributed by atoms with Crippen molar-refractivity contribution in [1.29, 1.82) is 0 Å². The fourth-order valence-corrected chi connectivity index (χ4v) is 4.47. The van der Waals surface area contributed by atoms with Crippen molar-refractivity contribution in [3.8, 4) is 22.7 Å². The highest BCUT2D eigenvalue weighted by Crippen LogP contribution is 2.24. The predicted molar refractivity (Wildman–Crippen MR) is 117 cm³/mol. The van der Waals surface area contributed by atoms with E-state index in [1.54, 1.807) is 30.3 Å². The van der Waals surface area contributed by atoms with E-state index in [1.807, 2.05) is 30.3 Å². The van der Waals surface area contributed by atoms with Crippen LogP contribution >= 0.6 is 11.3 Å². The summed E-state index contributed by atoms with van der Waals surface area (Å²) >= 11 is 1.22. The van der Waals surface area contributed by atoms with Crippen LogP contribution in [0.25, 0.3) is 33.7 Å². The highest BCUT2D eigenvalue weighted by atomic mass is 32.2. The maximum atomic E-state index is 12.7. The van der Waals surface area contributed by atoms with Crippen LogP contribution in [0.4, 0.5) is 0 Å². The van der Waals surface area contributed by atoms with Gasteiger partial charge in [-0.2, -0.15) is 9.50 Å². The first kappa shape index (κ1) is 19.4. The number of hydrogen-bond acceptors (Lipinski definition) is 7. The number of aromatic nitrogens is 3. The van der Waals surface area contributed by atoms with Gasteiger partial charge in [0, 0.05) is 17.2 Å². The van der Waals surface area contributed by atoms with Crippen molar-refractivity contribution in [2.75, 3.05) is 0 Å². The Morgan fingerprint density at radius 2 is 1.71 bits per heavy atom. The number of sulfonamides is 1. The van der Waals surface area contributed by atoms with Gasteiger partial charge in [-0.1, -0.05) is 41.7 Å². The van der Waals surface area contributed by atoms with Crippen molar-refractivity contribution in [2.45, 2.75) is 4.90 Å². The van der Waals surface area contributed by atoms with Gasteiger partial charge in [-0.3, -0.25) is 4.79 Å². The van der Waals surface area contributed by atoms with Crippen LogP contribution in [0.5, 0.6) is 0 Å². The molecule has 5 aromatic rings. The average molecular weight is 451 g/mol. The number of rotatable bonds is 4. The fourth-order valence-electron chi connectivity index (χ4n) is 3.07. The number of nitrogens with two attached hydrogens (primary N) is 1. The van der Waals surface area contributed by atoms with Gasteiger partial charge in [-0.05, 0) is 36.4 Å². The van der Waals surface area contributed by atoms with Gasteiger partial charge < -0.3 is 4.42 Å². The number of primary sulfonamides is 1. The lowest BCUT2D eigenvalue weighted by Gasteiger charge is -2.00. The molecule has 0 saturated carbocycles. The summed E-state index contributed by atoms with van der Waals surface area (Å²) < 4.78 is 30.3. The van der Waals surface area contributed by atoms with Crippen molar-refractivity contribution in [2.24, 2.45) is 5.14 Å². The second-order valence-electron chi connectivity index (χ2n) is 6.68. The Labute approximate surface area is 180 Å². The molecule has 3 aromatic heterocycles. The minimum atomic E-state index is -3.75. The van der Waals surface area contributed by atoms with Crippen molar-refractivity contribution >= 4 is 32.4 Å². The summed E-state index contributed by atoms with van der Waals surface area (Å²) in [7, 11) is -3.75. The van der Waals surface area contributed by atoms with Crippen LogP contribution < -0.4 is 15.2 Å². The topological polar surface area (TPSA) is 121 Å². The molecule has 0 amide bonds. The predicted octanol–water partition coefficient (Wildman–Crippen LogP) is 2.27. The Morgan fingerprint density at radius 1 is 0.968 bits per heavy atom. The Bertz CT molecular complexity index is 1620. The van der Waals surface area contributed by atoms with E-state index >= 15 is 0 Å². The minimum Gasteiger partial charge on any atom is -0.457 e. The van der Waals surface area contributed by atoms with Gasteiger partial charge in [0.15, 0.2) is 5.82 Å². The zero-order valence-corrected chi connectivity index (χ0v) is 17.4. The monoisotopic (exact) mass is 450 g/mol. The van der Waals surface area contributed by atoms with E-state index in [1.165, 1.54) is 28.0 Å². The van der Waals surface area contributed by atoms with Crippen molar-refractivity contribution in [3.63, 3.8) is 0 Å². The number of nitrogens with zero attached hydrogens (tertiary/aromatic N) is 3. The Hall–Kier alpha value is -3.60. The molecule has 0 bridgehead atoms. The van der Waals surface area contributed by atoms with Crippen molar-refractivity contribution in [1.82, 2.24) is 14.6 Å². The van der Waals surface area contributed by atoms with Gasteiger partial charge >= 0.3 is 0 Å². The molecule has 31 heavy (non-hydrogen) atoms. The molecule has 2 aromatic carbocycles. The van der Waals surface area contributed by atoms with Gasteiger partial charge in [0.1, 0.15) is 16.1 Å². The van der Waals surface area contributed by atoms with E-state index in [9.17, 15) is 13.2 Å². The number of hydrogen-bond donors (Lipinski definition) is 1. The summed E-state index contributed by atoms with van der Waals surface area (Å²) in [5, 5.41) is 9.44.